The van der Waals surface area contributed by atoms with Gasteiger partial charge in [0.1, 0.15) is 12.0 Å². The smallest absolute Gasteiger partial charge is 0.256 e. The Balaban J connectivity index is 1.36. The second kappa shape index (κ2) is 8.42. The zero-order valence-corrected chi connectivity index (χ0v) is 20.5. The van der Waals surface area contributed by atoms with Crippen LogP contribution < -0.4 is 0 Å². The molecule has 3 aliphatic rings. The third-order valence-corrected chi connectivity index (χ3v) is 8.37. The van der Waals surface area contributed by atoms with Gasteiger partial charge < -0.3 is 14.4 Å². The van der Waals surface area contributed by atoms with Gasteiger partial charge >= 0.3 is 0 Å². The third-order valence-electron chi connectivity index (χ3n) is 8.37. The van der Waals surface area contributed by atoms with Crippen LogP contribution in [-0.4, -0.2) is 77.7 Å². The van der Waals surface area contributed by atoms with E-state index in [9.17, 15) is 13.6 Å². The van der Waals surface area contributed by atoms with Crippen LogP contribution in [0.2, 0.25) is 0 Å². The first kappa shape index (κ1) is 22.7. The zero-order valence-electron chi connectivity index (χ0n) is 20.5. The van der Waals surface area contributed by atoms with E-state index >= 15 is 0 Å². The quantitative estimate of drug-likeness (QED) is 0.565. The normalized spacial score (nSPS) is 25.0. The van der Waals surface area contributed by atoms with Gasteiger partial charge in [-0.1, -0.05) is 24.3 Å². The molecule has 1 unspecified atom stereocenters. The van der Waals surface area contributed by atoms with Crippen LogP contribution in [0.5, 0.6) is 0 Å². The lowest BCUT2D eigenvalue weighted by molar-refractivity contribution is 0.0402. The predicted octanol–water partition coefficient (Wildman–Crippen LogP) is 4.13. The molecule has 184 valence electrons. The molecule has 35 heavy (non-hydrogen) atoms. The van der Waals surface area contributed by atoms with Crippen LogP contribution in [0.1, 0.15) is 45.4 Å². The van der Waals surface area contributed by atoms with Gasteiger partial charge in [0, 0.05) is 55.3 Å². The lowest BCUT2D eigenvalue weighted by Crippen LogP contribution is -2.51. The van der Waals surface area contributed by atoms with Crippen molar-refractivity contribution in [2.24, 2.45) is 7.05 Å². The van der Waals surface area contributed by atoms with E-state index in [1.54, 1.807) is 11.0 Å². The highest BCUT2D eigenvalue weighted by atomic mass is 19.1. The van der Waals surface area contributed by atoms with E-state index in [1.165, 1.54) is 5.56 Å². The van der Waals surface area contributed by atoms with Crippen LogP contribution in [-0.2, 0) is 13.5 Å². The zero-order chi connectivity index (χ0) is 24.4. The van der Waals surface area contributed by atoms with Gasteiger partial charge in [0.25, 0.3) is 5.91 Å². The number of aryl methyl sites for hydroxylation is 2. The van der Waals surface area contributed by atoms with Crippen molar-refractivity contribution < 1.29 is 13.6 Å². The molecular formula is C28H32F2N4O. The van der Waals surface area contributed by atoms with Crippen molar-refractivity contribution in [1.82, 2.24) is 19.3 Å². The summed E-state index contributed by atoms with van der Waals surface area (Å²) >= 11 is 0. The van der Waals surface area contributed by atoms with Crippen molar-refractivity contribution in [2.45, 2.75) is 37.0 Å². The Bertz CT molecular complexity index is 1300. The molecule has 6 rings (SSSR count). The second-order valence-corrected chi connectivity index (χ2v) is 10.7. The van der Waals surface area contributed by atoms with Crippen LogP contribution >= 0.6 is 0 Å². The van der Waals surface area contributed by atoms with Crippen molar-refractivity contribution in [2.75, 3.05) is 40.3 Å². The molecule has 5 nitrogen and oxygen atoms in total. The molecule has 3 aromatic rings. The summed E-state index contributed by atoms with van der Waals surface area (Å²) < 4.78 is 30.3. The summed E-state index contributed by atoms with van der Waals surface area (Å²) in [5.41, 5.74) is 4.76. The van der Waals surface area contributed by atoms with Crippen molar-refractivity contribution in [1.29, 1.82) is 0 Å². The standard InChI is InChI=1S/C28H32F2N4O/c1-31(2)25-16-33(24-11-10-17-6-4-9-23(30)26(17)24)15-22(25)21-14-32(3)27-19(21)7-5-8-20(27)28(35)34-12-18(29)13-34/h4-9,14,18,22,24-25H,10-13,15-16H2,1-3H3/t22-,24?,25+/m0/s1. The number of hydrogen-bond donors (Lipinski definition) is 0. The Kier molecular flexibility index (Phi) is 5.45. The molecule has 1 aliphatic carbocycles. The lowest BCUT2D eigenvalue weighted by atomic mass is 9.92. The van der Waals surface area contributed by atoms with E-state index < -0.39 is 6.17 Å². The summed E-state index contributed by atoms with van der Waals surface area (Å²) in [6.45, 7) is 2.06. The molecule has 2 aromatic carbocycles. The number of likely N-dealkylation sites (N-methyl/N-ethyl adjacent to an activating group) is 1. The molecule has 1 aromatic heterocycles. The lowest BCUT2D eigenvalue weighted by Gasteiger charge is -2.34. The maximum atomic E-state index is 14.8. The summed E-state index contributed by atoms with van der Waals surface area (Å²) in [4.78, 5) is 19.4. The van der Waals surface area contributed by atoms with Crippen molar-refractivity contribution in [3.63, 3.8) is 0 Å². The highest BCUT2D eigenvalue weighted by Crippen LogP contribution is 2.44. The minimum absolute atomic E-state index is 0.0929. The number of aromatic nitrogens is 1. The maximum absolute atomic E-state index is 14.8. The average molecular weight is 479 g/mol. The summed E-state index contributed by atoms with van der Waals surface area (Å²) in [7, 11) is 6.21. The molecule has 1 amide bonds. The Morgan fingerprint density at radius 2 is 1.83 bits per heavy atom. The number of carbonyl (C=O) groups is 1. The third kappa shape index (κ3) is 3.59. The molecule has 3 atom stereocenters. The van der Waals surface area contributed by atoms with Gasteiger partial charge in [-0.05, 0) is 50.2 Å². The SMILES string of the molecule is CN(C)[C@@H]1CN(C2CCc3cccc(F)c32)C[C@H]1c1cn(C)c2c(C(=O)N3CC(F)C3)cccc12. The Hall–Kier alpha value is -2.77. The number of fused-ring (bicyclic) bond motifs is 2. The molecule has 0 spiro atoms. The fourth-order valence-corrected chi connectivity index (χ4v) is 6.60. The van der Waals surface area contributed by atoms with Crippen LogP contribution in [0.25, 0.3) is 10.9 Å². The molecule has 3 heterocycles. The van der Waals surface area contributed by atoms with Gasteiger partial charge in [-0.25, -0.2) is 8.78 Å². The van der Waals surface area contributed by atoms with Gasteiger partial charge in [0.05, 0.1) is 24.2 Å². The molecule has 0 bridgehead atoms. The van der Waals surface area contributed by atoms with Crippen LogP contribution in [0.15, 0.2) is 42.6 Å². The highest BCUT2D eigenvalue weighted by Gasteiger charge is 2.42. The molecular weight excluding hydrogens is 446 g/mol. The van der Waals surface area contributed by atoms with E-state index in [1.807, 2.05) is 29.8 Å². The largest absolute Gasteiger partial charge is 0.350 e. The number of likely N-dealkylation sites (tertiary alicyclic amines) is 2. The van der Waals surface area contributed by atoms with Crippen LogP contribution in [0.3, 0.4) is 0 Å². The molecule has 2 saturated heterocycles. The van der Waals surface area contributed by atoms with Gasteiger partial charge in [-0.2, -0.15) is 0 Å². The van der Waals surface area contributed by atoms with E-state index in [-0.39, 0.29) is 42.8 Å². The number of halogens is 2. The Morgan fingerprint density at radius 3 is 2.57 bits per heavy atom. The van der Waals surface area contributed by atoms with Crippen molar-refractivity contribution in [3.05, 3.63) is 70.7 Å². The first-order valence-electron chi connectivity index (χ1n) is 12.5. The number of benzene rings is 2. The molecule has 0 N–H and O–H groups in total. The highest BCUT2D eigenvalue weighted by molar-refractivity contribution is 6.07. The number of hydrogen-bond acceptors (Lipinski definition) is 3. The maximum Gasteiger partial charge on any atom is 0.256 e. The molecule has 0 saturated carbocycles. The number of carbonyl (C=O) groups excluding carboxylic acids is 1. The number of amides is 1. The minimum atomic E-state index is -0.919. The minimum Gasteiger partial charge on any atom is -0.350 e. The summed E-state index contributed by atoms with van der Waals surface area (Å²) in [5.74, 6) is 0.0336. The number of rotatable bonds is 4. The number of nitrogens with zero attached hydrogens (tertiary/aromatic N) is 4. The van der Waals surface area contributed by atoms with E-state index in [2.05, 4.69) is 42.2 Å². The first-order valence-corrected chi connectivity index (χ1v) is 12.5. The van der Waals surface area contributed by atoms with E-state index in [0.717, 1.165) is 48.0 Å². The van der Waals surface area contributed by atoms with Gasteiger partial charge in [-0.3, -0.25) is 9.69 Å². The van der Waals surface area contributed by atoms with Crippen LogP contribution in [0.4, 0.5) is 8.78 Å². The molecule has 2 fully saturated rings. The van der Waals surface area contributed by atoms with E-state index in [0.29, 0.717) is 5.56 Å². The van der Waals surface area contributed by atoms with Gasteiger partial charge in [0.15, 0.2) is 0 Å². The number of para-hydroxylation sites is 1. The van der Waals surface area contributed by atoms with Crippen molar-refractivity contribution in [3.8, 4) is 0 Å². The number of alkyl halides is 1. The average Bonchev–Trinajstić information content (AvgIpc) is 3.52. The summed E-state index contributed by atoms with van der Waals surface area (Å²) in [6.07, 6.45) is 3.10. The Labute approximate surface area is 204 Å². The van der Waals surface area contributed by atoms with Gasteiger partial charge in [0.2, 0.25) is 0 Å². The second-order valence-electron chi connectivity index (χ2n) is 10.7. The van der Waals surface area contributed by atoms with Crippen LogP contribution in [0, 0.1) is 5.82 Å². The molecule has 2 aliphatic heterocycles. The monoisotopic (exact) mass is 478 g/mol. The molecule has 0 radical (unpaired) electrons. The van der Waals surface area contributed by atoms with E-state index in [4.69, 9.17) is 0 Å². The Morgan fingerprint density at radius 1 is 1.06 bits per heavy atom. The fourth-order valence-electron chi connectivity index (χ4n) is 6.60. The first-order chi connectivity index (χ1) is 16.8. The fraction of sp³-hybridized carbons (Fsp3) is 0.464. The molecule has 7 heteroatoms. The summed E-state index contributed by atoms with van der Waals surface area (Å²) in [5, 5.41) is 1.08. The van der Waals surface area contributed by atoms with Gasteiger partial charge in [-0.15, -0.1) is 0 Å². The topological polar surface area (TPSA) is 31.7 Å². The van der Waals surface area contributed by atoms with Crippen molar-refractivity contribution >= 4 is 16.8 Å². The predicted molar refractivity (Wildman–Crippen MR) is 133 cm³/mol. The summed E-state index contributed by atoms with van der Waals surface area (Å²) in [6, 6.07) is 11.7.